The van der Waals surface area contributed by atoms with Gasteiger partial charge in [0.25, 0.3) is 5.91 Å². The van der Waals surface area contributed by atoms with Crippen LogP contribution in [0.2, 0.25) is 0 Å². The number of carbonyl (C=O) groups excluding carboxylic acids is 1. The lowest BCUT2D eigenvalue weighted by atomic mass is 10.1. The Hall–Kier alpha value is -1.31. The number of hydrogen-bond donors (Lipinski definition) is 1. The van der Waals surface area contributed by atoms with Gasteiger partial charge in [-0.3, -0.25) is 4.79 Å². The first-order chi connectivity index (χ1) is 11.1. The van der Waals surface area contributed by atoms with E-state index in [0.717, 1.165) is 18.5 Å². The maximum absolute atomic E-state index is 12.1. The average molecular weight is 318 g/mol. The zero-order valence-electron chi connectivity index (χ0n) is 15.4. The van der Waals surface area contributed by atoms with Crippen LogP contribution in [0.4, 0.5) is 0 Å². The largest absolute Gasteiger partial charge is 0.352 e. The molecule has 130 valence electrons. The van der Waals surface area contributed by atoms with Crippen molar-refractivity contribution in [1.82, 2.24) is 5.32 Å². The number of amides is 1. The molecule has 0 saturated heterocycles. The van der Waals surface area contributed by atoms with E-state index in [1.54, 1.807) is 0 Å². The van der Waals surface area contributed by atoms with Gasteiger partial charge >= 0.3 is 0 Å². The molecule has 0 aliphatic carbocycles. The molecular formula is C21H35NO. The lowest BCUT2D eigenvalue weighted by Gasteiger charge is -2.07. The fraction of sp³-hybridized carbons (Fsp3) is 0.667. The Balaban J connectivity index is 2.00. The normalized spacial score (nSPS) is 10.7. The van der Waals surface area contributed by atoms with Crippen LogP contribution in [-0.4, -0.2) is 12.5 Å². The zero-order valence-corrected chi connectivity index (χ0v) is 15.4. The van der Waals surface area contributed by atoms with E-state index in [1.165, 1.54) is 68.9 Å². The maximum Gasteiger partial charge on any atom is 0.251 e. The van der Waals surface area contributed by atoms with Crippen LogP contribution in [0, 0.1) is 13.8 Å². The Morgan fingerprint density at radius 2 is 1.39 bits per heavy atom. The van der Waals surface area contributed by atoms with Crippen LogP contribution < -0.4 is 5.32 Å². The Morgan fingerprint density at radius 3 is 1.96 bits per heavy atom. The first-order valence-corrected chi connectivity index (χ1v) is 9.50. The SMILES string of the molecule is CCCCCCCCCCCCNC(=O)c1ccc(C)c(C)c1. The summed E-state index contributed by atoms with van der Waals surface area (Å²) in [5, 5.41) is 3.03. The molecule has 0 bridgehead atoms. The predicted octanol–water partition coefficient (Wildman–Crippen LogP) is 5.95. The lowest BCUT2D eigenvalue weighted by Crippen LogP contribution is -2.24. The maximum atomic E-state index is 12.1. The van der Waals surface area contributed by atoms with Crippen LogP contribution in [-0.2, 0) is 0 Å². The molecule has 0 heterocycles. The Labute approximate surface area is 143 Å². The third-order valence-electron chi connectivity index (χ3n) is 4.58. The van der Waals surface area contributed by atoms with Gasteiger partial charge in [0.15, 0.2) is 0 Å². The number of carbonyl (C=O) groups is 1. The molecule has 0 saturated carbocycles. The van der Waals surface area contributed by atoms with Crippen molar-refractivity contribution in [2.45, 2.75) is 85.0 Å². The smallest absolute Gasteiger partial charge is 0.251 e. The van der Waals surface area contributed by atoms with E-state index < -0.39 is 0 Å². The molecule has 23 heavy (non-hydrogen) atoms. The molecule has 1 N–H and O–H groups in total. The summed E-state index contributed by atoms with van der Waals surface area (Å²) < 4.78 is 0. The second-order valence-corrected chi connectivity index (χ2v) is 6.74. The Kier molecular flexibility index (Phi) is 10.4. The quantitative estimate of drug-likeness (QED) is 0.474. The average Bonchev–Trinajstić information content (AvgIpc) is 2.55. The van der Waals surface area contributed by atoms with Gasteiger partial charge in [-0.2, -0.15) is 0 Å². The van der Waals surface area contributed by atoms with Gasteiger partial charge in [-0.15, -0.1) is 0 Å². The van der Waals surface area contributed by atoms with Crippen molar-refractivity contribution in [2.24, 2.45) is 0 Å². The van der Waals surface area contributed by atoms with Gasteiger partial charge in [0.2, 0.25) is 0 Å². The van der Waals surface area contributed by atoms with Crippen molar-refractivity contribution in [1.29, 1.82) is 0 Å². The minimum atomic E-state index is 0.0593. The van der Waals surface area contributed by atoms with Gasteiger partial charge < -0.3 is 5.32 Å². The minimum absolute atomic E-state index is 0.0593. The summed E-state index contributed by atoms with van der Waals surface area (Å²) in [6.07, 6.45) is 13.2. The van der Waals surface area contributed by atoms with E-state index in [-0.39, 0.29) is 5.91 Å². The van der Waals surface area contributed by atoms with Gasteiger partial charge in [-0.1, -0.05) is 70.8 Å². The standard InChI is InChI=1S/C21H35NO/c1-4-5-6-7-8-9-10-11-12-13-16-22-21(23)20-15-14-18(2)19(3)17-20/h14-15,17H,4-13,16H2,1-3H3,(H,22,23). The summed E-state index contributed by atoms with van der Waals surface area (Å²) >= 11 is 0. The topological polar surface area (TPSA) is 29.1 Å². The van der Waals surface area contributed by atoms with Crippen LogP contribution in [0.1, 0.15) is 92.6 Å². The van der Waals surface area contributed by atoms with Gasteiger partial charge in [0.05, 0.1) is 0 Å². The van der Waals surface area contributed by atoms with Gasteiger partial charge in [-0.05, 0) is 43.5 Å². The van der Waals surface area contributed by atoms with Crippen molar-refractivity contribution in [2.75, 3.05) is 6.54 Å². The van der Waals surface area contributed by atoms with E-state index in [4.69, 9.17) is 0 Å². The molecule has 2 heteroatoms. The first-order valence-electron chi connectivity index (χ1n) is 9.50. The highest BCUT2D eigenvalue weighted by atomic mass is 16.1. The summed E-state index contributed by atoms with van der Waals surface area (Å²) in [7, 11) is 0. The van der Waals surface area contributed by atoms with Crippen LogP contribution >= 0.6 is 0 Å². The second kappa shape index (κ2) is 12.2. The van der Waals surface area contributed by atoms with Crippen molar-refractivity contribution >= 4 is 5.91 Å². The zero-order chi connectivity index (χ0) is 16.9. The van der Waals surface area contributed by atoms with E-state index in [0.29, 0.717) is 0 Å². The number of unbranched alkanes of at least 4 members (excludes halogenated alkanes) is 9. The third-order valence-corrected chi connectivity index (χ3v) is 4.58. The molecule has 0 fully saturated rings. The highest BCUT2D eigenvalue weighted by Gasteiger charge is 2.05. The molecule has 1 aromatic rings. The fourth-order valence-electron chi connectivity index (χ4n) is 2.80. The summed E-state index contributed by atoms with van der Waals surface area (Å²) in [6, 6.07) is 5.91. The van der Waals surface area contributed by atoms with E-state index in [1.807, 2.05) is 25.1 Å². The Morgan fingerprint density at radius 1 is 0.826 bits per heavy atom. The highest BCUT2D eigenvalue weighted by Crippen LogP contribution is 2.11. The van der Waals surface area contributed by atoms with Crippen LogP contribution in [0.25, 0.3) is 0 Å². The number of aryl methyl sites for hydroxylation is 2. The van der Waals surface area contributed by atoms with Gasteiger partial charge in [-0.25, -0.2) is 0 Å². The molecular weight excluding hydrogens is 282 g/mol. The van der Waals surface area contributed by atoms with Crippen molar-refractivity contribution in [3.05, 3.63) is 34.9 Å². The van der Waals surface area contributed by atoms with E-state index >= 15 is 0 Å². The molecule has 1 aromatic carbocycles. The monoisotopic (exact) mass is 317 g/mol. The lowest BCUT2D eigenvalue weighted by molar-refractivity contribution is 0.0953. The van der Waals surface area contributed by atoms with Crippen LogP contribution in [0.15, 0.2) is 18.2 Å². The molecule has 0 radical (unpaired) electrons. The molecule has 0 aromatic heterocycles. The molecule has 0 spiro atoms. The minimum Gasteiger partial charge on any atom is -0.352 e. The molecule has 0 unspecified atom stereocenters. The summed E-state index contributed by atoms with van der Waals surface area (Å²) in [6.45, 7) is 7.18. The number of benzene rings is 1. The summed E-state index contributed by atoms with van der Waals surface area (Å²) in [4.78, 5) is 12.1. The molecule has 2 nitrogen and oxygen atoms in total. The second-order valence-electron chi connectivity index (χ2n) is 6.74. The van der Waals surface area contributed by atoms with Gasteiger partial charge in [0.1, 0.15) is 0 Å². The fourth-order valence-corrected chi connectivity index (χ4v) is 2.80. The third kappa shape index (κ3) is 8.78. The number of rotatable bonds is 12. The van der Waals surface area contributed by atoms with Gasteiger partial charge in [0, 0.05) is 12.1 Å². The molecule has 1 amide bonds. The number of hydrogen-bond acceptors (Lipinski definition) is 1. The number of nitrogens with one attached hydrogen (secondary N) is 1. The summed E-state index contributed by atoms with van der Waals surface area (Å²) in [5.74, 6) is 0.0593. The molecule has 1 rings (SSSR count). The van der Waals surface area contributed by atoms with Crippen LogP contribution in [0.5, 0.6) is 0 Å². The van der Waals surface area contributed by atoms with Crippen LogP contribution in [0.3, 0.4) is 0 Å². The Bertz CT molecular complexity index is 453. The van der Waals surface area contributed by atoms with Crippen molar-refractivity contribution in [3.8, 4) is 0 Å². The molecule has 0 aliphatic rings. The predicted molar refractivity (Wildman–Crippen MR) is 100 cm³/mol. The van der Waals surface area contributed by atoms with Crippen molar-refractivity contribution in [3.63, 3.8) is 0 Å². The summed E-state index contributed by atoms with van der Waals surface area (Å²) in [5.41, 5.74) is 3.19. The highest BCUT2D eigenvalue weighted by molar-refractivity contribution is 5.94. The van der Waals surface area contributed by atoms with E-state index in [9.17, 15) is 4.79 Å². The first kappa shape index (κ1) is 19.7. The molecule has 0 atom stereocenters. The molecule has 0 aliphatic heterocycles. The van der Waals surface area contributed by atoms with E-state index in [2.05, 4.69) is 19.2 Å². The van der Waals surface area contributed by atoms with Crippen molar-refractivity contribution < 1.29 is 4.79 Å².